The Morgan fingerprint density at radius 3 is 2.33 bits per heavy atom. The van der Waals surface area contributed by atoms with Gasteiger partial charge in [0.25, 0.3) is 11.8 Å². The minimum atomic E-state index is -0.343. The summed E-state index contributed by atoms with van der Waals surface area (Å²) in [5.74, 6) is 1.51. The van der Waals surface area contributed by atoms with Gasteiger partial charge in [0.2, 0.25) is 0 Å². The topological polar surface area (TPSA) is 68.3 Å². The fourth-order valence-corrected chi connectivity index (χ4v) is 4.55. The standard InChI is InChI=1S/C26H30N2O5/c1-5-33-20-11-8-18(9-12-20)23-24(27-14-6-7-17(2)16-27)26(30)28(25(23)29)19-10-13-21(31-3)22(15-19)32-4/h8-13,15,17H,5-7,14,16H2,1-4H3. The van der Waals surface area contributed by atoms with Crippen molar-refractivity contribution >= 4 is 23.1 Å². The van der Waals surface area contributed by atoms with Crippen molar-refractivity contribution in [2.45, 2.75) is 26.7 Å². The summed E-state index contributed by atoms with van der Waals surface area (Å²) < 4.78 is 16.3. The summed E-state index contributed by atoms with van der Waals surface area (Å²) in [5.41, 5.74) is 2.04. The van der Waals surface area contributed by atoms with Crippen LogP contribution in [0.4, 0.5) is 5.69 Å². The molecule has 0 aliphatic carbocycles. The number of amides is 2. The SMILES string of the molecule is CCOc1ccc(C2=C(N3CCCC(C)C3)C(=O)N(c3ccc(OC)c(OC)c3)C2=O)cc1. The van der Waals surface area contributed by atoms with E-state index in [0.29, 0.717) is 46.5 Å². The molecular formula is C26H30N2O5. The molecule has 33 heavy (non-hydrogen) atoms. The van der Waals surface area contributed by atoms with E-state index in [1.807, 2.05) is 31.2 Å². The van der Waals surface area contributed by atoms with E-state index in [0.717, 1.165) is 31.7 Å². The van der Waals surface area contributed by atoms with Crippen molar-refractivity contribution in [3.63, 3.8) is 0 Å². The van der Waals surface area contributed by atoms with Gasteiger partial charge in [0.05, 0.1) is 32.1 Å². The van der Waals surface area contributed by atoms with E-state index < -0.39 is 0 Å². The molecule has 0 spiro atoms. The van der Waals surface area contributed by atoms with E-state index in [1.165, 1.54) is 12.0 Å². The van der Waals surface area contributed by atoms with Gasteiger partial charge in [-0.15, -0.1) is 0 Å². The van der Waals surface area contributed by atoms with Crippen LogP contribution in [0.5, 0.6) is 17.2 Å². The minimum absolute atomic E-state index is 0.315. The molecule has 2 aromatic carbocycles. The molecule has 7 nitrogen and oxygen atoms in total. The molecule has 174 valence electrons. The minimum Gasteiger partial charge on any atom is -0.494 e. The molecule has 2 aliphatic rings. The first kappa shape index (κ1) is 22.7. The molecule has 0 bridgehead atoms. The highest BCUT2D eigenvalue weighted by molar-refractivity contribution is 6.45. The summed E-state index contributed by atoms with van der Waals surface area (Å²) in [4.78, 5) is 30.8. The molecule has 0 N–H and O–H groups in total. The predicted octanol–water partition coefficient (Wildman–Crippen LogP) is 4.12. The van der Waals surface area contributed by atoms with Crippen molar-refractivity contribution in [3.05, 3.63) is 53.7 Å². The van der Waals surface area contributed by atoms with Crippen molar-refractivity contribution in [2.24, 2.45) is 5.92 Å². The van der Waals surface area contributed by atoms with Gasteiger partial charge in [0.1, 0.15) is 11.4 Å². The second-order valence-electron chi connectivity index (χ2n) is 8.36. The Bertz CT molecular complexity index is 1080. The summed E-state index contributed by atoms with van der Waals surface area (Å²) in [6.07, 6.45) is 2.10. The third-order valence-corrected chi connectivity index (χ3v) is 6.11. The van der Waals surface area contributed by atoms with Crippen LogP contribution in [0.3, 0.4) is 0 Å². The van der Waals surface area contributed by atoms with Crippen LogP contribution in [-0.4, -0.2) is 50.6 Å². The van der Waals surface area contributed by atoms with Gasteiger partial charge in [-0.2, -0.15) is 0 Å². The first-order chi connectivity index (χ1) is 16.0. The molecule has 4 rings (SSSR count). The van der Waals surface area contributed by atoms with Crippen LogP contribution in [0.25, 0.3) is 5.57 Å². The molecule has 1 saturated heterocycles. The van der Waals surface area contributed by atoms with Crippen molar-refractivity contribution in [1.82, 2.24) is 4.90 Å². The van der Waals surface area contributed by atoms with Gasteiger partial charge in [-0.1, -0.05) is 19.1 Å². The lowest BCUT2D eigenvalue weighted by atomic mass is 9.97. The Kier molecular flexibility index (Phi) is 6.58. The first-order valence-corrected chi connectivity index (χ1v) is 11.3. The fourth-order valence-electron chi connectivity index (χ4n) is 4.55. The molecule has 0 saturated carbocycles. The molecule has 7 heteroatoms. The fraction of sp³-hybridized carbons (Fsp3) is 0.385. The van der Waals surface area contributed by atoms with Gasteiger partial charge in [-0.3, -0.25) is 9.59 Å². The number of carbonyl (C=O) groups is 2. The highest BCUT2D eigenvalue weighted by Crippen LogP contribution is 2.39. The summed E-state index contributed by atoms with van der Waals surface area (Å²) in [6.45, 7) is 6.15. The normalized spacial score (nSPS) is 18.7. The monoisotopic (exact) mass is 450 g/mol. The number of imide groups is 1. The lowest BCUT2D eigenvalue weighted by molar-refractivity contribution is -0.120. The molecule has 1 atom stereocenters. The number of piperidine rings is 1. The third kappa shape index (κ3) is 4.27. The number of carbonyl (C=O) groups excluding carboxylic acids is 2. The Morgan fingerprint density at radius 1 is 0.970 bits per heavy atom. The summed E-state index contributed by atoms with van der Waals surface area (Å²) in [5, 5.41) is 0. The third-order valence-electron chi connectivity index (χ3n) is 6.11. The van der Waals surface area contributed by atoms with Gasteiger partial charge in [0, 0.05) is 19.2 Å². The maximum absolute atomic E-state index is 13.7. The smallest absolute Gasteiger partial charge is 0.282 e. The summed E-state index contributed by atoms with van der Waals surface area (Å²) >= 11 is 0. The number of nitrogens with zero attached hydrogens (tertiary/aromatic N) is 2. The lowest BCUT2D eigenvalue weighted by Gasteiger charge is -2.33. The van der Waals surface area contributed by atoms with Crippen molar-refractivity contribution in [3.8, 4) is 17.2 Å². The van der Waals surface area contributed by atoms with Crippen LogP contribution >= 0.6 is 0 Å². The zero-order valence-corrected chi connectivity index (χ0v) is 19.6. The number of methoxy groups -OCH3 is 2. The van der Waals surface area contributed by atoms with Gasteiger partial charge in [0.15, 0.2) is 11.5 Å². The highest BCUT2D eigenvalue weighted by atomic mass is 16.5. The van der Waals surface area contributed by atoms with Gasteiger partial charge < -0.3 is 19.1 Å². The number of rotatable bonds is 7. The molecule has 1 fully saturated rings. The average Bonchev–Trinajstić information content (AvgIpc) is 3.09. The van der Waals surface area contributed by atoms with E-state index in [2.05, 4.69) is 11.8 Å². The number of anilines is 1. The molecule has 2 aliphatic heterocycles. The first-order valence-electron chi connectivity index (χ1n) is 11.3. The van der Waals surface area contributed by atoms with Gasteiger partial charge in [-0.05, 0) is 55.5 Å². The van der Waals surface area contributed by atoms with Crippen LogP contribution in [0.15, 0.2) is 48.2 Å². The van der Waals surface area contributed by atoms with E-state index in [4.69, 9.17) is 14.2 Å². The number of hydrogen-bond acceptors (Lipinski definition) is 6. The van der Waals surface area contributed by atoms with E-state index in [1.54, 1.807) is 25.3 Å². The zero-order chi connectivity index (χ0) is 23.5. The van der Waals surface area contributed by atoms with E-state index in [9.17, 15) is 9.59 Å². The molecule has 0 aromatic heterocycles. The second-order valence-corrected chi connectivity index (χ2v) is 8.36. The molecule has 2 aromatic rings. The number of hydrogen-bond donors (Lipinski definition) is 0. The Morgan fingerprint density at radius 2 is 1.70 bits per heavy atom. The predicted molar refractivity (Wildman–Crippen MR) is 127 cm³/mol. The van der Waals surface area contributed by atoms with Crippen LogP contribution in [-0.2, 0) is 9.59 Å². The summed E-state index contributed by atoms with van der Waals surface area (Å²) in [6, 6.07) is 12.4. The number of ether oxygens (including phenoxy) is 3. The van der Waals surface area contributed by atoms with E-state index in [-0.39, 0.29) is 11.8 Å². The van der Waals surface area contributed by atoms with Crippen LogP contribution < -0.4 is 19.1 Å². The number of benzene rings is 2. The summed E-state index contributed by atoms with van der Waals surface area (Å²) in [7, 11) is 3.07. The molecule has 2 amide bonds. The Hall–Kier alpha value is -3.48. The Labute approximate surface area is 194 Å². The second kappa shape index (κ2) is 9.57. The largest absolute Gasteiger partial charge is 0.494 e. The van der Waals surface area contributed by atoms with Crippen molar-refractivity contribution < 1.29 is 23.8 Å². The maximum Gasteiger partial charge on any atom is 0.282 e. The lowest BCUT2D eigenvalue weighted by Crippen LogP contribution is -2.39. The zero-order valence-electron chi connectivity index (χ0n) is 19.6. The maximum atomic E-state index is 13.7. The van der Waals surface area contributed by atoms with Gasteiger partial charge >= 0.3 is 0 Å². The van der Waals surface area contributed by atoms with Crippen LogP contribution in [0.1, 0.15) is 32.3 Å². The van der Waals surface area contributed by atoms with Crippen molar-refractivity contribution in [2.75, 3.05) is 38.8 Å². The molecule has 0 radical (unpaired) electrons. The van der Waals surface area contributed by atoms with E-state index >= 15 is 0 Å². The van der Waals surface area contributed by atoms with Crippen molar-refractivity contribution in [1.29, 1.82) is 0 Å². The average molecular weight is 451 g/mol. The highest BCUT2D eigenvalue weighted by Gasteiger charge is 2.43. The van der Waals surface area contributed by atoms with Crippen LogP contribution in [0.2, 0.25) is 0 Å². The molecule has 1 unspecified atom stereocenters. The number of likely N-dealkylation sites (tertiary alicyclic amines) is 1. The van der Waals surface area contributed by atoms with Gasteiger partial charge in [-0.25, -0.2) is 4.90 Å². The molecular weight excluding hydrogens is 420 g/mol. The Balaban J connectivity index is 1.79. The van der Waals surface area contributed by atoms with Crippen LogP contribution in [0, 0.1) is 5.92 Å². The quantitative estimate of drug-likeness (QED) is 0.591. The molecule has 2 heterocycles.